The molecule has 1 aliphatic carbocycles. The summed E-state index contributed by atoms with van der Waals surface area (Å²) in [6.45, 7) is 0. The fraction of sp³-hybridized carbons (Fsp3) is 0.250. The second-order valence-electron chi connectivity index (χ2n) is 5.16. The number of fused-ring (bicyclic) bond motifs is 3. The smallest absolute Gasteiger partial charge is 0.277 e. The van der Waals surface area contributed by atoms with Crippen LogP contribution in [-0.2, 0) is 12.8 Å². The Morgan fingerprint density at radius 2 is 1.90 bits per heavy atom. The molecule has 0 radical (unpaired) electrons. The molecule has 3 aromatic rings. The summed E-state index contributed by atoms with van der Waals surface area (Å²) in [6, 6.07) is 11.2. The van der Waals surface area contributed by atoms with Crippen LogP contribution in [0.15, 0.2) is 45.6 Å². The maximum Gasteiger partial charge on any atom is 0.277 e. The first kappa shape index (κ1) is 11.5. The maximum absolute atomic E-state index is 12.2. The molecule has 4 rings (SSSR count). The highest BCUT2D eigenvalue weighted by atomic mass is 16.3. The summed E-state index contributed by atoms with van der Waals surface area (Å²) in [7, 11) is 0. The summed E-state index contributed by atoms with van der Waals surface area (Å²) in [5.41, 5.74) is 3.52. The van der Waals surface area contributed by atoms with E-state index in [1.165, 1.54) is 10.6 Å². The van der Waals surface area contributed by atoms with E-state index in [1.807, 2.05) is 30.3 Å². The van der Waals surface area contributed by atoms with Gasteiger partial charge in [-0.15, -0.1) is 0 Å². The van der Waals surface area contributed by atoms with E-state index in [0.29, 0.717) is 11.5 Å². The Bertz CT molecular complexity index is 831. The Kier molecular flexibility index (Phi) is 2.49. The molecule has 0 atom stereocenters. The molecule has 4 heteroatoms. The van der Waals surface area contributed by atoms with Crippen molar-refractivity contribution in [2.24, 2.45) is 0 Å². The average molecular weight is 266 g/mol. The molecule has 0 spiro atoms. The molecule has 100 valence electrons. The minimum Gasteiger partial charge on any atom is -0.438 e. The van der Waals surface area contributed by atoms with Crippen LogP contribution in [0.5, 0.6) is 0 Å². The zero-order chi connectivity index (χ0) is 13.5. The normalized spacial score (nSPS) is 14.4. The molecular weight excluding hydrogens is 252 g/mol. The molecule has 0 fully saturated rings. The van der Waals surface area contributed by atoms with Crippen molar-refractivity contribution in [3.8, 4) is 11.3 Å². The van der Waals surface area contributed by atoms with Crippen molar-refractivity contribution in [2.75, 3.05) is 0 Å². The second kappa shape index (κ2) is 4.34. The number of hydrogen-bond donors (Lipinski definition) is 0. The molecule has 4 nitrogen and oxygen atoms in total. The Morgan fingerprint density at radius 3 is 2.75 bits per heavy atom. The Balaban J connectivity index is 2.00. The van der Waals surface area contributed by atoms with E-state index in [0.717, 1.165) is 42.5 Å². The SMILES string of the molecule is O=c1cc(-c2ccccc2)oc2c3c(nn12)CCCC3. The Morgan fingerprint density at radius 1 is 1.10 bits per heavy atom. The highest BCUT2D eigenvalue weighted by Gasteiger charge is 2.20. The zero-order valence-corrected chi connectivity index (χ0v) is 11.0. The van der Waals surface area contributed by atoms with Gasteiger partial charge < -0.3 is 4.42 Å². The first-order valence-corrected chi connectivity index (χ1v) is 6.93. The van der Waals surface area contributed by atoms with E-state index in [4.69, 9.17) is 4.42 Å². The van der Waals surface area contributed by atoms with E-state index in [2.05, 4.69) is 5.10 Å². The van der Waals surface area contributed by atoms with Gasteiger partial charge in [0.15, 0.2) is 0 Å². The molecule has 0 aliphatic heterocycles. The van der Waals surface area contributed by atoms with Crippen LogP contribution in [0, 0.1) is 0 Å². The van der Waals surface area contributed by atoms with E-state index in [9.17, 15) is 4.79 Å². The van der Waals surface area contributed by atoms with Crippen molar-refractivity contribution < 1.29 is 4.42 Å². The van der Waals surface area contributed by atoms with Gasteiger partial charge in [0.05, 0.1) is 5.69 Å². The number of rotatable bonds is 1. The van der Waals surface area contributed by atoms with E-state index < -0.39 is 0 Å². The largest absolute Gasteiger partial charge is 0.438 e. The summed E-state index contributed by atoms with van der Waals surface area (Å²) in [5.74, 6) is 0.608. The minimum absolute atomic E-state index is 0.125. The van der Waals surface area contributed by atoms with Crippen molar-refractivity contribution in [3.63, 3.8) is 0 Å². The van der Waals surface area contributed by atoms with Crippen molar-refractivity contribution in [1.29, 1.82) is 0 Å². The number of aryl methyl sites for hydroxylation is 2. The fourth-order valence-electron chi connectivity index (χ4n) is 2.83. The molecule has 0 N–H and O–H groups in total. The van der Waals surface area contributed by atoms with E-state index in [1.54, 1.807) is 0 Å². The summed E-state index contributed by atoms with van der Waals surface area (Å²) in [6.07, 6.45) is 4.15. The van der Waals surface area contributed by atoms with E-state index in [-0.39, 0.29) is 5.56 Å². The third-order valence-electron chi connectivity index (χ3n) is 3.84. The minimum atomic E-state index is -0.125. The quantitative estimate of drug-likeness (QED) is 0.680. The number of nitrogens with zero attached hydrogens (tertiary/aromatic N) is 2. The lowest BCUT2D eigenvalue weighted by atomic mass is 9.98. The van der Waals surface area contributed by atoms with Crippen molar-refractivity contribution >= 4 is 5.71 Å². The lowest BCUT2D eigenvalue weighted by Crippen LogP contribution is -2.12. The van der Waals surface area contributed by atoms with Gasteiger partial charge in [-0.3, -0.25) is 4.79 Å². The second-order valence-corrected chi connectivity index (χ2v) is 5.16. The monoisotopic (exact) mass is 266 g/mol. The third kappa shape index (κ3) is 1.68. The standard InChI is InChI=1S/C16H14N2O2/c19-15-10-14(11-6-2-1-3-7-11)20-16-12-8-4-5-9-13(12)17-18(15)16/h1-3,6-7,10H,4-5,8-9H2. The molecule has 1 aliphatic rings. The maximum atomic E-state index is 12.2. The number of hydrogen-bond acceptors (Lipinski definition) is 3. The van der Waals surface area contributed by atoms with Crippen LogP contribution in [-0.4, -0.2) is 9.61 Å². The Labute approximate surface area is 115 Å². The van der Waals surface area contributed by atoms with E-state index >= 15 is 0 Å². The van der Waals surface area contributed by atoms with Gasteiger partial charge in [0, 0.05) is 17.2 Å². The molecule has 0 saturated carbocycles. The molecule has 0 bridgehead atoms. The first-order chi connectivity index (χ1) is 9.83. The highest BCUT2D eigenvalue weighted by Crippen LogP contribution is 2.26. The van der Waals surface area contributed by atoms with Gasteiger partial charge in [-0.1, -0.05) is 30.3 Å². The first-order valence-electron chi connectivity index (χ1n) is 6.93. The summed E-state index contributed by atoms with van der Waals surface area (Å²) in [4.78, 5) is 12.2. The highest BCUT2D eigenvalue weighted by molar-refractivity contribution is 5.59. The van der Waals surface area contributed by atoms with Crippen molar-refractivity contribution in [1.82, 2.24) is 9.61 Å². The number of aromatic nitrogens is 2. The molecule has 0 amide bonds. The topological polar surface area (TPSA) is 47.5 Å². The van der Waals surface area contributed by atoms with Crippen molar-refractivity contribution in [2.45, 2.75) is 25.7 Å². The van der Waals surface area contributed by atoms with Crippen LogP contribution in [0.1, 0.15) is 24.1 Å². The molecule has 1 aromatic carbocycles. The lowest BCUT2D eigenvalue weighted by molar-refractivity contribution is 0.572. The predicted octanol–water partition coefficient (Wildman–Crippen LogP) is 2.83. The molecule has 2 heterocycles. The average Bonchev–Trinajstić information content (AvgIpc) is 2.88. The van der Waals surface area contributed by atoms with Crippen LogP contribution in [0.4, 0.5) is 0 Å². The molecule has 0 unspecified atom stereocenters. The molecule has 20 heavy (non-hydrogen) atoms. The van der Waals surface area contributed by atoms with Crippen LogP contribution in [0.25, 0.3) is 17.0 Å². The van der Waals surface area contributed by atoms with Crippen LogP contribution >= 0.6 is 0 Å². The fourth-order valence-corrected chi connectivity index (χ4v) is 2.83. The van der Waals surface area contributed by atoms with Crippen LogP contribution < -0.4 is 5.56 Å². The summed E-state index contributed by atoms with van der Waals surface area (Å²) >= 11 is 0. The van der Waals surface area contributed by atoms with Gasteiger partial charge >= 0.3 is 0 Å². The summed E-state index contributed by atoms with van der Waals surface area (Å²) in [5, 5.41) is 4.40. The van der Waals surface area contributed by atoms with Crippen LogP contribution in [0.2, 0.25) is 0 Å². The lowest BCUT2D eigenvalue weighted by Gasteiger charge is -2.08. The summed E-state index contributed by atoms with van der Waals surface area (Å²) < 4.78 is 7.37. The predicted molar refractivity (Wildman–Crippen MR) is 75.8 cm³/mol. The van der Waals surface area contributed by atoms with Crippen LogP contribution in [0.3, 0.4) is 0 Å². The van der Waals surface area contributed by atoms with Gasteiger partial charge in [0.1, 0.15) is 5.76 Å². The molecule has 2 aromatic heterocycles. The van der Waals surface area contributed by atoms with Gasteiger partial charge in [-0.2, -0.15) is 9.61 Å². The van der Waals surface area contributed by atoms with Crippen molar-refractivity contribution in [3.05, 3.63) is 58.0 Å². The van der Waals surface area contributed by atoms with Gasteiger partial charge in [0.2, 0.25) is 5.71 Å². The van der Waals surface area contributed by atoms with Gasteiger partial charge in [0.25, 0.3) is 5.56 Å². The number of benzene rings is 1. The van der Waals surface area contributed by atoms with Gasteiger partial charge in [-0.05, 0) is 25.7 Å². The Hall–Kier alpha value is -2.36. The third-order valence-corrected chi connectivity index (χ3v) is 3.84. The zero-order valence-electron chi connectivity index (χ0n) is 11.0. The molecular formula is C16H14N2O2. The molecule has 0 saturated heterocycles. The van der Waals surface area contributed by atoms with Gasteiger partial charge in [-0.25, -0.2) is 0 Å².